The zero-order chi connectivity index (χ0) is 16.7. The van der Waals surface area contributed by atoms with Gasteiger partial charge in [0.1, 0.15) is 17.3 Å². The first-order valence-corrected chi connectivity index (χ1v) is 8.09. The molecule has 2 rings (SSSR count). The van der Waals surface area contributed by atoms with Gasteiger partial charge in [0.15, 0.2) is 0 Å². The molecule has 0 fully saturated rings. The van der Waals surface area contributed by atoms with E-state index in [0.717, 1.165) is 5.00 Å². The molecule has 0 atom stereocenters. The quantitative estimate of drug-likeness (QED) is 0.458. The molecule has 2 aromatic rings. The molecule has 0 aliphatic heterocycles. The lowest BCUT2D eigenvalue weighted by Crippen LogP contribution is -2.32. The summed E-state index contributed by atoms with van der Waals surface area (Å²) >= 11 is 6.41. The molecule has 0 aliphatic rings. The van der Waals surface area contributed by atoms with E-state index in [9.17, 15) is 4.79 Å². The Hall–Kier alpha value is -2.22. The van der Waals surface area contributed by atoms with Crippen molar-refractivity contribution >= 4 is 39.5 Å². The lowest BCUT2D eigenvalue weighted by Gasteiger charge is -2.19. The summed E-state index contributed by atoms with van der Waals surface area (Å²) in [4.78, 5) is 13.8. The molecule has 0 saturated carbocycles. The van der Waals surface area contributed by atoms with Crippen molar-refractivity contribution in [1.29, 1.82) is 0 Å². The average Bonchev–Trinajstić information content (AvgIpc) is 3.12. The van der Waals surface area contributed by atoms with E-state index in [1.54, 1.807) is 29.2 Å². The number of thiocarbonyl (C=S) groups is 1. The number of carbonyl (C=O) groups is 1. The number of hydroxylamine groups is 1. The monoisotopic (exact) mass is 348 g/mol. The second kappa shape index (κ2) is 8.42. The van der Waals surface area contributed by atoms with Crippen LogP contribution in [-0.4, -0.2) is 29.3 Å². The third kappa shape index (κ3) is 4.62. The molecule has 1 amide bonds. The molecule has 5 nitrogen and oxygen atoms in total. The van der Waals surface area contributed by atoms with E-state index in [1.807, 2.05) is 23.0 Å². The fourth-order valence-corrected chi connectivity index (χ4v) is 2.78. The van der Waals surface area contributed by atoms with Crippen LogP contribution in [0.2, 0.25) is 0 Å². The highest BCUT2D eigenvalue weighted by Gasteiger charge is 2.13. The molecule has 0 radical (unpaired) electrons. The molecule has 120 valence electrons. The molecule has 2 N–H and O–H groups in total. The van der Waals surface area contributed by atoms with Crippen molar-refractivity contribution in [3.05, 3.63) is 60.0 Å². The highest BCUT2D eigenvalue weighted by molar-refractivity contribution is 7.80. The summed E-state index contributed by atoms with van der Waals surface area (Å²) in [5, 5.41) is 11.5. The van der Waals surface area contributed by atoms with Crippen LogP contribution in [0.15, 0.2) is 54.4 Å². The number of carbonyl (C=O) groups excluding carboxylic acids is 1. The Kier molecular flexibility index (Phi) is 6.28. The summed E-state index contributed by atoms with van der Waals surface area (Å²) < 4.78 is 5.65. The molecule has 23 heavy (non-hydrogen) atoms. The van der Waals surface area contributed by atoms with E-state index in [-0.39, 0.29) is 10.9 Å². The van der Waals surface area contributed by atoms with Crippen molar-refractivity contribution in [3.63, 3.8) is 0 Å². The molecule has 0 bridgehead atoms. The maximum Gasteiger partial charge on any atom is 0.251 e. The molecule has 1 heterocycles. The zero-order valence-corrected chi connectivity index (χ0v) is 13.9. The minimum Gasteiger partial charge on any atom is -0.492 e. The van der Waals surface area contributed by atoms with Gasteiger partial charge < -0.3 is 4.74 Å². The van der Waals surface area contributed by atoms with Crippen molar-refractivity contribution in [2.24, 2.45) is 0 Å². The molecule has 1 aromatic heterocycles. The molecule has 1 aromatic carbocycles. The second-order valence-electron chi connectivity index (χ2n) is 4.46. The Bertz CT molecular complexity index is 669. The normalized spacial score (nSPS) is 9.96. The zero-order valence-electron chi connectivity index (χ0n) is 12.3. The van der Waals surface area contributed by atoms with Gasteiger partial charge in [-0.2, -0.15) is 0 Å². The average molecular weight is 348 g/mol. The fraction of sp³-hybridized carbons (Fsp3) is 0.125. The van der Waals surface area contributed by atoms with Crippen LogP contribution in [-0.2, 0) is 4.79 Å². The van der Waals surface area contributed by atoms with Gasteiger partial charge in [-0.15, -0.1) is 11.3 Å². The predicted octanol–water partition coefficient (Wildman–Crippen LogP) is 3.00. The SMILES string of the molecule is C=CC(=O)N(CCOc1ccc(C(=S)NO)cc1)c1cccs1. The molecule has 7 heteroatoms. The van der Waals surface area contributed by atoms with Crippen LogP contribution in [0.5, 0.6) is 5.75 Å². The number of hydrogen-bond donors (Lipinski definition) is 2. The Labute approximate surface area is 143 Å². The maximum atomic E-state index is 11.9. The van der Waals surface area contributed by atoms with Gasteiger partial charge in [0.2, 0.25) is 0 Å². The van der Waals surface area contributed by atoms with Gasteiger partial charge in [-0.1, -0.05) is 18.8 Å². The molecular weight excluding hydrogens is 332 g/mol. The number of nitrogens with one attached hydrogen (secondary N) is 1. The van der Waals surface area contributed by atoms with Gasteiger partial charge >= 0.3 is 0 Å². The van der Waals surface area contributed by atoms with E-state index in [1.165, 1.54) is 17.4 Å². The molecule has 0 aliphatic carbocycles. The third-order valence-electron chi connectivity index (χ3n) is 3.01. The van der Waals surface area contributed by atoms with Crippen molar-refractivity contribution in [1.82, 2.24) is 5.48 Å². The second-order valence-corrected chi connectivity index (χ2v) is 5.79. The topological polar surface area (TPSA) is 61.8 Å². The minimum absolute atomic E-state index is 0.161. The number of amides is 1. The van der Waals surface area contributed by atoms with Crippen LogP contribution >= 0.6 is 23.6 Å². The van der Waals surface area contributed by atoms with Crippen molar-refractivity contribution in [2.45, 2.75) is 0 Å². The minimum atomic E-state index is -0.161. The fourth-order valence-electron chi connectivity index (χ4n) is 1.88. The van der Waals surface area contributed by atoms with Gasteiger partial charge in [-0.05, 0) is 47.9 Å². The highest BCUT2D eigenvalue weighted by atomic mass is 32.1. The molecule has 0 spiro atoms. The smallest absolute Gasteiger partial charge is 0.251 e. The summed E-state index contributed by atoms with van der Waals surface area (Å²) in [5.74, 6) is 0.498. The van der Waals surface area contributed by atoms with E-state index in [2.05, 4.69) is 6.58 Å². The van der Waals surface area contributed by atoms with Gasteiger partial charge in [0.25, 0.3) is 5.91 Å². The summed E-state index contributed by atoms with van der Waals surface area (Å²) in [5.41, 5.74) is 2.62. The molecular formula is C16H16N2O3S2. The van der Waals surface area contributed by atoms with Crippen LogP contribution in [0.1, 0.15) is 5.56 Å². The van der Waals surface area contributed by atoms with Gasteiger partial charge in [0, 0.05) is 5.56 Å². The number of benzene rings is 1. The van der Waals surface area contributed by atoms with Crippen molar-refractivity contribution in [3.8, 4) is 5.75 Å². The number of rotatable bonds is 7. The van der Waals surface area contributed by atoms with Crippen LogP contribution in [0.3, 0.4) is 0 Å². The predicted molar refractivity (Wildman–Crippen MR) is 95.4 cm³/mol. The first-order valence-electron chi connectivity index (χ1n) is 6.80. The Morgan fingerprint density at radius 1 is 1.39 bits per heavy atom. The lowest BCUT2D eigenvalue weighted by molar-refractivity contribution is -0.114. The van der Waals surface area contributed by atoms with E-state index in [0.29, 0.717) is 24.5 Å². The standard InChI is InChI=1S/C16H16N2O3S2/c1-2-14(19)18(15-4-3-11-23-15)9-10-21-13-7-5-12(6-8-13)16(22)17-20/h2-8,11,20H,1,9-10H2,(H,17,22). The summed E-state index contributed by atoms with van der Waals surface area (Å²) in [7, 11) is 0. The summed E-state index contributed by atoms with van der Waals surface area (Å²) in [6, 6.07) is 10.8. The van der Waals surface area contributed by atoms with E-state index in [4.69, 9.17) is 22.2 Å². The van der Waals surface area contributed by atoms with Gasteiger partial charge in [-0.3, -0.25) is 20.4 Å². The van der Waals surface area contributed by atoms with Gasteiger partial charge in [-0.25, -0.2) is 0 Å². The number of nitrogens with zero attached hydrogens (tertiary/aromatic N) is 1. The van der Waals surface area contributed by atoms with Crippen LogP contribution in [0.25, 0.3) is 0 Å². The van der Waals surface area contributed by atoms with Crippen LogP contribution < -0.4 is 15.1 Å². The van der Waals surface area contributed by atoms with Crippen molar-refractivity contribution in [2.75, 3.05) is 18.1 Å². The summed E-state index contributed by atoms with van der Waals surface area (Å²) in [6.07, 6.45) is 1.29. The third-order valence-corrected chi connectivity index (χ3v) is 4.23. The number of anilines is 1. The molecule has 0 unspecified atom stereocenters. The van der Waals surface area contributed by atoms with Crippen LogP contribution in [0, 0.1) is 0 Å². The summed E-state index contributed by atoms with van der Waals surface area (Å²) in [6.45, 7) is 4.29. The Morgan fingerprint density at radius 3 is 2.70 bits per heavy atom. The van der Waals surface area contributed by atoms with E-state index < -0.39 is 0 Å². The first-order chi connectivity index (χ1) is 11.2. The maximum absolute atomic E-state index is 11.9. The Morgan fingerprint density at radius 2 is 2.13 bits per heavy atom. The Balaban J connectivity index is 1.93. The number of ether oxygens (including phenoxy) is 1. The largest absolute Gasteiger partial charge is 0.492 e. The number of thiophene rings is 1. The van der Waals surface area contributed by atoms with Gasteiger partial charge in [0.05, 0.1) is 11.5 Å². The lowest BCUT2D eigenvalue weighted by atomic mass is 10.2. The van der Waals surface area contributed by atoms with E-state index >= 15 is 0 Å². The molecule has 0 saturated heterocycles. The van der Waals surface area contributed by atoms with Crippen LogP contribution in [0.4, 0.5) is 5.00 Å². The highest BCUT2D eigenvalue weighted by Crippen LogP contribution is 2.21. The number of hydrogen-bond acceptors (Lipinski definition) is 5. The van der Waals surface area contributed by atoms with Crippen molar-refractivity contribution < 1.29 is 14.7 Å². The first kappa shape index (κ1) is 17.1.